The Morgan fingerprint density at radius 3 is 2.79 bits per heavy atom. The van der Waals surface area contributed by atoms with Gasteiger partial charge in [0.25, 0.3) is 0 Å². The molecule has 1 aromatic carbocycles. The number of aryl methyl sites for hydroxylation is 3. The predicted octanol–water partition coefficient (Wildman–Crippen LogP) is 2.76. The van der Waals surface area contributed by atoms with Crippen LogP contribution in [-0.4, -0.2) is 16.6 Å². The lowest BCUT2D eigenvalue weighted by atomic mass is 10.0. The number of rotatable bonds is 5. The van der Waals surface area contributed by atoms with Crippen LogP contribution in [0, 0.1) is 12.7 Å². The largest absolute Gasteiger partial charge is 0.338 e. The molecule has 4 heteroatoms. The second kappa shape index (κ2) is 5.97. The van der Waals surface area contributed by atoms with Crippen molar-refractivity contribution < 1.29 is 4.39 Å². The molecule has 3 nitrogen and oxygen atoms in total. The van der Waals surface area contributed by atoms with Crippen LogP contribution in [-0.2, 0) is 13.5 Å². The first-order valence-corrected chi connectivity index (χ1v) is 6.51. The molecule has 0 aliphatic rings. The van der Waals surface area contributed by atoms with Crippen molar-refractivity contribution in [2.75, 3.05) is 7.05 Å². The van der Waals surface area contributed by atoms with Crippen LogP contribution in [0.4, 0.5) is 4.39 Å². The lowest BCUT2D eigenvalue weighted by molar-refractivity contribution is 0.529. The standard InChI is InChI=1S/C15H20FN3/c1-11-4-5-12(10-13(11)16)14(17-2)6-7-15-18-8-9-19(15)3/h4-5,8-10,14,17H,6-7H2,1-3H3. The van der Waals surface area contributed by atoms with E-state index < -0.39 is 0 Å². The van der Waals surface area contributed by atoms with Crippen LogP contribution in [0.5, 0.6) is 0 Å². The number of imidazole rings is 1. The minimum absolute atomic E-state index is 0.144. The number of aromatic nitrogens is 2. The number of benzene rings is 1. The molecule has 0 fully saturated rings. The van der Waals surface area contributed by atoms with Crippen molar-refractivity contribution in [1.29, 1.82) is 0 Å². The van der Waals surface area contributed by atoms with E-state index in [4.69, 9.17) is 0 Å². The summed E-state index contributed by atoms with van der Waals surface area (Å²) in [6.45, 7) is 1.78. The van der Waals surface area contributed by atoms with E-state index in [0.29, 0.717) is 5.56 Å². The average Bonchev–Trinajstić information content (AvgIpc) is 2.80. The zero-order chi connectivity index (χ0) is 13.8. The molecule has 1 aromatic heterocycles. The molecule has 1 N–H and O–H groups in total. The molecule has 0 bridgehead atoms. The van der Waals surface area contributed by atoms with Gasteiger partial charge in [-0.05, 0) is 37.6 Å². The summed E-state index contributed by atoms with van der Waals surface area (Å²) >= 11 is 0. The van der Waals surface area contributed by atoms with E-state index >= 15 is 0 Å². The lowest BCUT2D eigenvalue weighted by Crippen LogP contribution is -2.18. The summed E-state index contributed by atoms with van der Waals surface area (Å²) in [6.07, 6.45) is 5.50. The Labute approximate surface area is 113 Å². The third kappa shape index (κ3) is 3.20. The first-order chi connectivity index (χ1) is 9.11. The van der Waals surface area contributed by atoms with Gasteiger partial charge in [-0.2, -0.15) is 0 Å². The van der Waals surface area contributed by atoms with Gasteiger partial charge in [0.05, 0.1) is 0 Å². The fraction of sp³-hybridized carbons (Fsp3) is 0.400. The van der Waals surface area contributed by atoms with Crippen LogP contribution in [0.1, 0.15) is 29.4 Å². The highest BCUT2D eigenvalue weighted by Gasteiger charge is 2.12. The minimum Gasteiger partial charge on any atom is -0.338 e. The SMILES string of the molecule is CNC(CCc1nccn1C)c1ccc(C)c(F)c1. The Hall–Kier alpha value is -1.68. The van der Waals surface area contributed by atoms with E-state index in [9.17, 15) is 4.39 Å². The van der Waals surface area contributed by atoms with Gasteiger partial charge >= 0.3 is 0 Å². The van der Waals surface area contributed by atoms with Gasteiger partial charge in [-0.25, -0.2) is 9.37 Å². The van der Waals surface area contributed by atoms with E-state index in [2.05, 4.69) is 10.3 Å². The minimum atomic E-state index is -0.144. The number of nitrogens with one attached hydrogen (secondary N) is 1. The van der Waals surface area contributed by atoms with Crippen LogP contribution in [0.25, 0.3) is 0 Å². The van der Waals surface area contributed by atoms with Crippen molar-refractivity contribution in [3.8, 4) is 0 Å². The van der Waals surface area contributed by atoms with Gasteiger partial charge in [0.2, 0.25) is 0 Å². The Morgan fingerprint density at radius 2 is 2.21 bits per heavy atom. The third-order valence-electron chi connectivity index (χ3n) is 3.52. The lowest BCUT2D eigenvalue weighted by Gasteiger charge is -2.17. The predicted molar refractivity (Wildman–Crippen MR) is 74.5 cm³/mol. The maximum absolute atomic E-state index is 13.6. The topological polar surface area (TPSA) is 29.9 Å². The number of nitrogens with zero attached hydrogens (tertiary/aromatic N) is 2. The molecule has 0 saturated heterocycles. The molecule has 1 unspecified atom stereocenters. The summed E-state index contributed by atoms with van der Waals surface area (Å²) in [5, 5.41) is 3.24. The molecule has 0 radical (unpaired) electrons. The van der Waals surface area contributed by atoms with Gasteiger partial charge in [-0.3, -0.25) is 0 Å². The highest BCUT2D eigenvalue weighted by Crippen LogP contribution is 2.20. The fourth-order valence-electron chi connectivity index (χ4n) is 2.21. The quantitative estimate of drug-likeness (QED) is 0.897. The van der Waals surface area contributed by atoms with Crippen molar-refractivity contribution in [1.82, 2.24) is 14.9 Å². The molecule has 0 saturated carbocycles. The summed E-state index contributed by atoms with van der Waals surface area (Å²) < 4.78 is 15.6. The normalized spacial score (nSPS) is 12.6. The van der Waals surface area contributed by atoms with E-state index in [0.717, 1.165) is 24.2 Å². The summed E-state index contributed by atoms with van der Waals surface area (Å²) in [5.74, 6) is 0.905. The monoisotopic (exact) mass is 261 g/mol. The fourth-order valence-corrected chi connectivity index (χ4v) is 2.21. The smallest absolute Gasteiger partial charge is 0.126 e. The Kier molecular flexibility index (Phi) is 4.32. The van der Waals surface area contributed by atoms with E-state index in [1.165, 1.54) is 0 Å². The van der Waals surface area contributed by atoms with Crippen molar-refractivity contribution in [2.45, 2.75) is 25.8 Å². The number of halogens is 1. The molecule has 0 aliphatic heterocycles. The molecule has 0 spiro atoms. The van der Waals surface area contributed by atoms with Crippen molar-refractivity contribution >= 4 is 0 Å². The Balaban J connectivity index is 2.07. The first kappa shape index (κ1) is 13.7. The van der Waals surface area contributed by atoms with Crippen molar-refractivity contribution in [3.05, 3.63) is 53.4 Å². The molecule has 1 heterocycles. The van der Waals surface area contributed by atoms with Gasteiger partial charge in [0.1, 0.15) is 11.6 Å². The average molecular weight is 261 g/mol. The van der Waals surface area contributed by atoms with Crippen LogP contribution < -0.4 is 5.32 Å². The molecular formula is C15H20FN3. The molecule has 102 valence electrons. The zero-order valence-electron chi connectivity index (χ0n) is 11.7. The van der Waals surface area contributed by atoms with Crippen LogP contribution in [0.15, 0.2) is 30.6 Å². The number of hydrogen-bond acceptors (Lipinski definition) is 2. The van der Waals surface area contributed by atoms with Gasteiger partial charge in [-0.15, -0.1) is 0 Å². The maximum Gasteiger partial charge on any atom is 0.126 e. The molecule has 19 heavy (non-hydrogen) atoms. The van der Waals surface area contributed by atoms with Crippen LogP contribution in [0.3, 0.4) is 0 Å². The second-order valence-corrected chi connectivity index (χ2v) is 4.84. The van der Waals surface area contributed by atoms with Gasteiger partial charge in [0, 0.05) is 31.9 Å². The zero-order valence-corrected chi connectivity index (χ0v) is 11.7. The summed E-state index contributed by atoms with van der Waals surface area (Å²) in [7, 11) is 3.89. The molecule has 2 rings (SSSR count). The van der Waals surface area contributed by atoms with Crippen LogP contribution in [0.2, 0.25) is 0 Å². The molecule has 1 atom stereocenters. The van der Waals surface area contributed by atoms with Gasteiger partial charge < -0.3 is 9.88 Å². The van der Waals surface area contributed by atoms with Crippen LogP contribution >= 0.6 is 0 Å². The number of hydrogen-bond donors (Lipinski definition) is 1. The van der Waals surface area contributed by atoms with Gasteiger partial charge in [0.15, 0.2) is 0 Å². The van der Waals surface area contributed by atoms with E-state index in [1.807, 2.05) is 37.0 Å². The van der Waals surface area contributed by atoms with E-state index in [1.54, 1.807) is 19.2 Å². The van der Waals surface area contributed by atoms with Crippen molar-refractivity contribution in [2.24, 2.45) is 7.05 Å². The first-order valence-electron chi connectivity index (χ1n) is 6.51. The molecule has 0 aliphatic carbocycles. The summed E-state index contributed by atoms with van der Waals surface area (Å²) in [6, 6.07) is 5.58. The van der Waals surface area contributed by atoms with E-state index in [-0.39, 0.29) is 11.9 Å². The second-order valence-electron chi connectivity index (χ2n) is 4.84. The molecular weight excluding hydrogens is 241 g/mol. The Morgan fingerprint density at radius 1 is 1.42 bits per heavy atom. The highest BCUT2D eigenvalue weighted by molar-refractivity contribution is 5.25. The summed E-state index contributed by atoms with van der Waals surface area (Å²) in [4.78, 5) is 4.31. The molecule has 0 amide bonds. The summed E-state index contributed by atoms with van der Waals surface area (Å²) in [5.41, 5.74) is 1.67. The van der Waals surface area contributed by atoms with Gasteiger partial charge in [-0.1, -0.05) is 12.1 Å². The maximum atomic E-state index is 13.6. The third-order valence-corrected chi connectivity index (χ3v) is 3.52. The van der Waals surface area contributed by atoms with Crippen molar-refractivity contribution in [3.63, 3.8) is 0 Å². The molecule has 2 aromatic rings. The Bertz CT molecular complexity index is 548. The highest BCUT2D eigenvalue weighted by atomic mass is 19.1.